The van der Waals surface area contributed by atoms with Gasteiger partial charge in [0.25, 0.3) is 0 Å². The van der Waals surface area contributed by atoms with E-state index in [4.69, 9.17) is 0 Å². The van der Waals surface area contributed by atoms with E-state index in [1.54, 1.807) is 0 Å². The van der Waals surface area contributed by atoms with Crippen molar-refractivity contribution in [3.05, 3.63) is 65.7 Å². The lowest BCUT2D eigenvalue weighted by atomic mass is 9.96. The van der Waals surface area contributed by atoms with Crippen LogP contribution in [0.4, 0.5) is 10.5 Å². The monoisotopic (exact) mass is 363 g/mol. The molecule has 142 valence electrons. The molecule has 2 bridgehead atoms. The molecule has 2 aliphatic heterocycles. The molecule has 0 aliphatic carbocycles. The maximum absolute atomic E-state index is 12.5. The minimum Gasteiger partial charge on any atom is -0.335 e. The summed E-state index contributed by atoms with van der Waals surface area (Å²) in [6, 6.07) is 20.1. The van der Waals surface area contributed by atoms with Gasteiger partial charge in [-0.3, -0.25) is 4.90 Å². The molecule has 2 aromatic rings. The van der Waals surface area contributed by atoms with Crippen LogP contribution in [0.3, 0.4) is 0 Å². The van der Waals surface area contributed by atoms with Crippen LogP contribution < -0.4 is 10.6 Å². The molecule has 2 aliphatic rings. The lowest BCUT2D eigenvalue weighted by molar-refractivity contribution is 0.112. The van der Waals surface area contributed by atoms with Crippen molar-refractivity contribution >= 4 is 11.7 Å². The largest absolute Gasteiger partial charge is 0.335 e. The number of para-hydroxylation sites is 1. The second-order valence-electron chi connectivity index (χ2n) is 7.82. The van der Waals surface area contributed by atoms with E-state index >= 15 is 0 Å². The molecule has 2 N–H and O–H groups in total. The van der Waals surface area contributed by atoms with Crippen LogP contribution in [0.2, 0.25) is 0 Å². The molecule has 2 aromatic carbocycles. The van der Waals surface area contributed by atoms with E-state index in [9.17, 15) is 4.79 Å². The molecule has 4 heteroatoms. The van der Waals surface area contributed by atoms with Crippen LogP contribution in [-0.2, 0) is 13.0 Å². The highest BCUT2D eigenvalue weighted by Gasteiger charge is 2.40. The maximum atomic E-state index is 12.5. The second kappa shape index (κ2) is 8.13. The van der Waals surface area contributed by atoms with Crippen LogP contribution in [0.1, 0.15) is 43.7 Å². The average molecular weight is 364 g/mol. The van der Waals surface area contributed by atoms with Crippen molar-refractivity contribution in [2.75, 3.05) is 5.32 Å². The molecular weight excluding hydrogens is 334 g/mol. The Bertz CT molecular complexity index is 762. The highest BCUT2D eigenvalue weighted by molar-refractivity contribution is 5.90. The number of hydrogen-bond donors (Lipinski definition) is 2. The summed E-state index contributed by atoms with van der Waals surface area (Å²) in [5.41, 5.74) is 3.47. The number of anilines is 1. The highest BCUT2D eigenvalue weighted by atomic mass is 16.2. The molecule has 4 rings (SSSR count). The average Bonchev–Trinajstić information content (AvgIpc) is 2.91. The Morgan fingerprint density at radius 3 is 2.37 bits per heavy atom. The molecular formula is C23H29N3O. The lowest BCUT2D eigenvalue weighted by Gasteiger charge is -2.39. The van der Waals surface area contributed by atoms with E-state index in [2.05, 4.69) is 58.9 Å². The first kappa shape index (κ1) is 18.1. The zero-order valence-corrected chi connectivity index (χ0v) is 16.0. The van der Waals surface area contributed by atoms with Crippen molar-refractivity contribution in [2.45, 2.75) is 63.7 Å². The van der Waals surface area contributed by atoms with Gasteiger partial charge in [-0.25, -0.2) is 4.79 Å². The standard InChI is InChI=1S/C23H29N3O/c1-2-18-10-6-7-11-22(18)25-23(27)24-19-14-20-12-13-21(15-19)26(20)16-17-8-4-3-5-9-17/h3-11,19-21H,2,12-16H2,1H3,(H2,24,25,27). The van der Waals surface area contributed by atoms with Crippen LogP contribution in [0, 0.1) is 0 Å². The Morgan fingerprint density at radius 2 is 1.67 bits per heavy atom. The lowest BCUT2D eigenvalue weighted by Crippen LogP contribution is -2.50. The molecule has 4 nitrogen and oxygen atoms in total. The third-order valence-electron chi connectivity index (χ3n) is 6.07. The Balaban J connectivity index is 1.34. The van der Waals surface area contributed by atoms with Gasteiger partial charge >= 0.3 is 6.03 Å². The summed E-state index contributed by atoms with van der Waals surface area (Å²) < 4.78 is 0. The zero-order valence-electron chi connectivity index (χ0n) is 16.0. The number of urea groups is 1. The van der Waals surface area contributed by atoms with Crippen LogP contribution >= 0.6 is 0 Å². The maximum Gasteiger partial charge on any atom is 0.319 e. The molecule has 0 saturated carbocycles. The van der Waals surface area contributed by atoms with Gasteiger partial charge < -0.3 is 10.6 Å². The molecule has 2 heterocycles. The summed E-state index contributed by atoms with van der Waals surface area (Å²) in [6.07, 6.45) is 5.50. The number of piperidine rings is 1. The number of carbonyl (C=O) groups excluding carboxylic acids is 1. The first-order valence-corrected chi connectivity index (χ1v) is 10.2. The van der Waals surface area contributed by atoms with E-state index in [-0.39, 0.29) is 12.1 Å². The van der Waals surface area contributed by atoms with E-state index in [0.717, 1.165) is 31.5 Å². The number of fused-ring (bicyclic) bond motifs is 2. The molecule has 2 fully saturated rings. The number of amides is 2. The van der Waals surface area contributed by atoms with Gasteiger partial charge in [-0.2, -0.15) is 0 Å². The van der Waals surface area contributed by atoms with E-state index in [0.29, 0.717) is 12.1 Å². The highest BCUT2D eigenvalue weighted by Crippen LogP contribution is 2.36. The Kier molecular flexibility index (Phi) is 5.44. The van der Waals surface area contributed by atoms with Crippen LogP contribution in [0.5, 0.6) is 0 Å². The molecule has 2 atom stereocenters. The first-order chi connectivity index (χ1) is 13.2. The fraction of sp³-hybridized carbons (Fsp3) is 0.435. The minimum atomic E-state index is -0.0724. The van der Waals surface area contributed by atoms with Gasteiger partial charge in [-0.1, -0.05) is 55.5 Å². The predicted molar refractivity (Wildman–Crippen MR) is 110 cm³/mol. The predicted octanol–water partition coefficient (Wildman–Crippen LogP) is 4.57. The molecule has 2 unspecified atom stereocenters. The Morgan fingerprint density at radius 1 is 1.00 bits per heavy atom. The molecule has 0 radical (unpaired) electrons. The number of carbonyl (C=O) groups is 1. The number of hydrogen-bond acceptors (Lipinski definition) is 2. The second-order valence-corrected chi connectivity index (χ2v) is 7.82. The summed E-state index contributed by atoms with van der Waals surface area (Å²) in [7, 11) is 0. The smallest absolute Gasteiger partial charge is 0.319 e. The van der Waals surface area contributed by atoms with Crippen LogP contribution in [-0.4, -0.2) is 29.1 Å². The zero-order chi connectivity index (χ0) is 18.6. The Hall–Kier alpha value is -2.33. The van der Waals surface area contributed by atoms with Crippen LogP contribution in [0.15, 0.2) is 54.6 Å². The topological polar surface area (TPSA) is 44.4 Å². The van der Waals surface area contributed by atoms with Gasteiger partial charge in [0.05, 0.1) is 0 Å². The minimum absolute atomic E-state index is 0.0724. The molecule has 0 spiro atoms. The van der Waals surface area contributed by atoms with Gasteiger partial charge in [0.15, 0.2) is 0 Å². The van der Waals surface area contributed by atoms with E-state index in [1.165, 1.54) is 24.0 Å². The van der Waals surface area contributed by atoms with Gasteiger partial charge in [-0.15, -0.1) is 0 Å². The normalized spacial score (nSPS) is 24.6. The fourth-order valence-corrected chi connectivity index (χ4v) is 4.74. The molecule has 2 amide bonds. The SMILES string of the molecule is CCc1ccccc1NC(=O)NC1CC2CCC(C1)N2Cc1ccccc1. The van der Waals surface area contributed by atoms with Crippen molar-refractivity contribution in [1.82, 2.24) is 10.2 Å². The van der Waals surface area contributed by atoms with Crippen molar-refractivity contribution < 1.29 is 4.79 Å². The summed E-state index contributed by atoms with van der Waals surface area (Å²) in [4.78, 5) is 15.2. The van der Waals surface area contributed by atoms with E-state index < -0.39 is 0 Å². The summed E-state index contributed by atoms with van der Waals surface area (Å²) in [5.74, 6) is 0. The summed E-state index contributed by atoms with van der Waals surface area (Å²) >= 11 is 0. The summed E-state index contributed by atoms with van der Waals surface area (Å²) in [5, 5.41) is 6.27. The third-order valence-corrected chi connectivity index (χ3v) is 6.07. The first-order valence-electron chi connectivity index (χ1n) is 10.2. The molecule has 2 saturated heterocycles. The Labute approximate surface area is 162 Å². The fourth-order valence-electron chi connectivity index (χ4n) is 4.74. The summed E-state index contributed by atoms with van der Waals surface area (Å²) in [6.45, 7) is 3.14. The van der Waals surface area contributed by atoms with E-state index in [1.807, 2.05) is 18.2 Å². The van der Waals surface area contributed by atoms with Gasteiger partial charge in [-0.05, 0) is 49.3 Å². The molecule has 0 aromatic heterocycles. The van der Waals surface area contributed by atoms with Gasteiger partial charge in [0.2, 0.25) is 0 Å². The van der Waals surface area contributed by atoms with Gasteiger partial charge in [0.1, 0.15) is 0 Å². The number of benzene rings is 2. The number of nitrogens with zero attached hydrogens (tertiary/aromatic N) is 1. The van der Waals surface area contributed by atoms with Crippen molar-refractivity contribution in [1.29, 1.82) is 0 Å². The quantitative estimate of drug-likeness (QED) is 0.817. The number of nitrogens with one attached hydrogen (secondary N) is 2. The van der Waals surface area contributed by atoms with Crippen molar-refractivity contribution in [2.24, 2.45) is 0 Å². The van der Waals surface area contributed by atoms with Crippen molar-refractivity contribution in [3.8, 4) is 0 Å². The number of aryl methyl sites for hydroxylation is 1. The van der Waals surface area contributed by atoms with Crippen molar-refractivity contribution in [3.63, 3.8) is 0 Å². The number of rotatable bonds is 5. The van der Waals surface area contributed by atoms with Crippen LogP contribution in [0.25, 0.3) is 0 Å². The molecule has 27 heavy (non-hydrogen) atoms. The third kappa shape index (κ3) is 4.16. The van der Waals surface area contributed by atoms with Gasteiger partial charge in [0, 0.05) is 30.4 Å².